The van der Waals surface area contributed by atoms with E-state index in [-0.39, 0.29) is 12.2 Å². The Morgan fingerprint density at radius 1 is 0.880 bits per heavy atom. The van der Waals surface area contributed by atoms with E-state index in [1.165, 1.54) is 6.92 Å². The highest BCUT2D eigenvalue weighted by Gasteiger charge is 2.19. The van der Waals surface area contributed by atoms with E-state index in [0.717, 1.165) is 11.3 Å². The normalized spacial score (nSPS) is 11.5. The lowest BCUT2D eigenvalue weighted by molar-refractivity contribution is -0.146. The van der Waals surface area contributed by atoms with E-state index in [0.29, 0.717) is 17.7 Å². The first-order chi connectivity index (χ1) is 12.0. The number of hydrogen-bond donors (Lipinski definition) is 0. The van der Waals surface area contributed by atoms with E-state index in [2.05, 4.69) is 0 Å². The SMILES string of the molecule is COc1ccc(C[C@H](CC(=O)c2ccc(OC)cc2)OC(C)=O)cc1. The van der Waals surface area contributed by atoms with Gasteiger partial charge in [-0.2, -0.15) is 0 Å². The molecule has 0 heterocycles. The van der Waals surface area contributed by atoms with Gasteiger partial charge in [0, 0.05) is 25.3 Å². The standard InChI is InChI=1S/C20H22O5/c1-14(21)25-19(12-15-4-8-17(23-2)9-5-15)13-20(22)16-6-10-18(24-3)11-7-16/h4-11,19H,12-13H2,1-3H3/t19-/m1/s1. The molecule has 0 unspecified atom stereocenters. The van der Waals surface area contributed by atoms with Gasteiger partial charge in [-0.15, -0.1) is 0 Å². The second-order valence-electron chi connectivity index (χ2n) is 5.64. The minimum atomic E-state index is -0.513. The Bertz CT molecular complexity index is 704. The fraction of sp³-hybridized carbons (Fsp3) is 0.300. The molecule has 0 aromatic heterocycles. The fourth-order valence-corrected chi connectivity index (χ4v) is 2.52. The number of benzene rings is 2. The van der Waals surface area contributed by atoms with E-state index in [9.17, 15) is 9.59 Å². The molecule has 0 fully saturated rings. The zero-order valence-electron chi connectivity index (χ0n) is 14.7. The van der Waals surface area contributed by atoms with Crippen LogP contribution >= 0.6 is 0 Å². The zero-order valence-corrected chi connectivity index (χ0v) is 14.7. The van der Waals surface area contributed by atoms with Gasteiger partial charge < -0.3 is 14.2 Å². The first kappa shape index (κ1) is 18.5. The topological polar surface area (TPSA) is 61.8 Å². The third-order valence-electron chi connectivity index (χ3n) is 3.78. The van der Waals surface area contributed by atoms with Crippen LogP contribution in [0.5, 0.6) is 11.5 Å². The summed E-state index contributed by atoms with van der Waals surface area (Å²) in [6.07, 6.45) is 0.0733. The van der Waals surface area contributed by atoms with Crippen LogP contribution in [-0.4, -0.2) is 32.1 Å². The predicted molar refractivity (Wildman–Crippen MR) is 94.2 cm³/mol. The molecule has 2 rings (SSSR count). The minimum Gasteiger partial charge on any atom is -0.497 e. The molecule has 0 aliphatic heterocycles. The summed E-state index contributed by atoms with van der Waals surface area (Å²) < 4.78 is 15.6. The summed E-state index contributed by atoms with van der Waals surface area (Å²) >= 11 is 0. The van der Waals surface area contributed by atoms with Gasteiger partial charge in [0.15, 0.2) is 5.78 Å². The van der Waals surface area contributed by atoms with Crippen LogP contribution in [0.3, 0.4) is 0 Å². The second-order valence-corrected chi connectivity index (χ2v) is 5.64. The Morgan fingerprint density at radius 2 is 1.40 bits per heavy atom. The van der Waals surface area contributed by atoms with Crippen LogP contribution in [-0.2, 0) is 16.0 Å². The van der Waals surface area contributed by atoms with Crippen molar-refractivity contribution in [1.29, 1.82) is 0 Å². The molecule has 0 spiro atoms. The Kier molecular flexibility index (Phi) is 6.57. The smallest absolute Gasteiger partial charge is 0.302 e. The minimum absolute atomic E-state index is 0.0811. The van der Waals surface area contributed by atoms with Crippen molar-refractivity contribution in [3.63, 3.8) is 0 Å². The number of hydrogen-bond acceptors (Lipinski definition) is 5. The number of carbonyl (C=O) groups excluding carboxylic acids is 2. The van der Waals surface area contributed by atoms with Crippen LogP contribution in [0.4, 0.5) is 0 Å². The van der Waals surface area contributed by atoms with Crippen molar-refractivity contribution >= 4 is 11.8 Å². The number of rotatable bonds is 8. The van der Waals surface area contributed by atoms with E-state index < -0.39 is 12.1 Å². The second kappa shape index (κ2) is 8.87. The molecule has 0 N–H and O–H groups in total. The maximum absolute atomic E-state index is 12.5. The molecule has 0 bridgehead atoms. The molecule has 0 radical (unpaired) electrons. The maximum Gasteiger partial charge on any atom is 0.302 e. The molecule has 25 heavy (non-hydrogen) atoms. The van der Waals surface area contributed by atoms with Crippen molar-refractivity contribution in [2.75, 3.05) is 14.2 Å². The molecule has 0 aliphatic rings. The van der Waals surface area contributed by atoms with Gasteiger partial charge in [0.05, 0.1) is 14.2 Å². The van der Waals surface area contributed by atoms with Gasteiger partial charge in [0.1, 0.15) is 17.6 Å². The molecule has 0 aliphatic carbocycles. The molecule has 0 amide bonds. The molecular formula is C20H22O5. The quantitative estimate of drug-likeness (QED) is 0.543. The first-order valence-corrected chi connectivity index (χ1v) is 7.99. The molecule has 2 aromatic rings. The Morgan fingerprint density at radius 3 is 1.88 bits per heavy atom. The fourth-order valence-electron chi connectivity index (χ4n) is 2.52. The summed E-state index contributed by atoms with van der Waals surface area (Å²) in [7, 11) is 3.17. The molecule has 2 aromatic carbocycles. The largest absolute Gasteiger partial charge is 0.497 e. The number of carbonyl (C=O) groups is 2. The van der Waals surface area contributed by atoms with Crippen LogP contribution in [0, 0.1) is 0 Å². The van der Waals surface area contributed by atoms with E-state index in [1.54, 1.807) is 38.5 Å². The van der Waals surface area contributed by atoms with Gasteiger partial charge in [-0.3, -0.25) is 9.59 Å². The van der Waals surface area contributed by atoms with Gasteiger partial charge in [0.25, 0.3) is 0 Å². The predicted octanol–water partition coefficient (Wildman–Crippen LogP) is 3.45. The Labute approximate surface area is 147 Å². The third-order valence-corrected chi connectivity index (χ3v) is 3.78. The van der Waals surface area contributed by atoms with Crippen molar-refractivity contribution < 1.29 is 23.8 Å². The average Bonchev–Trinajstić information content (AvgIpc) is 2.61. The summed E-state index contributed by atoms with van der Waals surface area (Å²) in [6, 6.07) is 14.4. The molecule has 0 saturated heterocycles. The number of ketones is 1. The highest BCUT2D eigenvalue weighted by Crippen LogP contribution is 2.18. The molecular weight excluding hydrogens is 320 g/mol. The van der Waals surface area contributed by atoms with Crippen molar-refractivity contribution in [1.82, 2.24) is 0 Å². The van der Waals surface area contributed by atoms with Gasteiger partial charge in [-0.1, -0.05) is 12.1 Å². The number of methoxy groups -OCH3 is 2. The zero-order chi connectivity index (χ0) is 18.2. The summed E-state index contributed by atoms with van der Waals surface area (Å²) in [4.78, 5) is 23.9. The average molecular weight is 342 g/mol. The lowest BCUT2D eigenvalue weighted by Gasteiger charge is -2.17. The monoisotopic (exact) mass is 342 g/mol. The van der Waals surface area contributed by atoms with Crippen LogP contribution in [0.2, 0.25) is 0 Å². The van der Waals surface area contributed by atoms with E-state index in [1.807, 2.05) is 24.3 Å². The number of ether oxygens (including phenoxy) is 3. The lowest BCUT2D eigenvalue weighted by Crippen LogP contribution is -2.23. The van der Waals surface area contributed by atoms with Crippen LogP contribution < -0.4 is 9.47 Å². The number of esters is 1. The summed E-state index contributed by atoms with van der Waals surface area (Å²) in [5, 5.41) is 0. The van der Waals surface area contributed by atoms with Crippen molar-refractivity contribution in [2.45, 2.75) is 25.9 Å². The van der Waals surface area contributed by atoms with Gasteiger partial charge in [-0.25, -0.2) is 0 Å². The molecule has 1 atom stereocenters. The molecule has 5 nitrogen and oxygen atoms in total. The Hall–Kier alpha value is -2.82. The first-order valence-electron chi connectivity index (χ1n) is 7.99. The van der Waals surface area contributed by atoms with Crippen molar-refractivity contribution in [3.8, 4) is 11.5 Å². The lowest BCUT2D eigenvalue weighted by atomic mass is 10.00. The van der Waals surface area contributed by atoms with Crippen LogP contribution in [0.1, 0.15) is 29.3 Å². The summed E-state index contributed by atoms with van der Waals surface area (Å²) in [6.45, 7) is 1.35. The summed E-state index contributed by atoms with van der Waals surface area (Å²) in [5.41, 5.74) is 1.53. The van der Waals surface area contributed by atoms with Crippen LogP contribution in [0.15, 0.2) is 48.5 Å². The maximum atomic E-state index is 12.5. The highest BCUT2D eigenvalue weighted by molar-refractivity contribution is 5.96. The molecule has 132 valence electrons. The number of Topliss-reactive ketones (excluding diaryl/α,β-unsaturated/α-hetero) is 1. The highest BCUT2D eigenvalue weighted by atomic mass is 16.5. The third kappa shape index (κ3) is 5.64. The van der Waals surface area contributed by atoms with Gasteiger partial charge in [0.2, 0.25) is 0 Å². The van der Waals surface area contributed by atoms with E-state index >= 15 is 0 Å². The van der Waals surface area contributed by atoms with Crippen molar-refractivity contribution in [3.05, 3.63) is 59.7 Å². The molecule has 0 saturated carbocycles. The Balaban J connectivity index is 2.07. The van der Waals surface area contributed by atoms with Crippen LogP contribution in [0.25, 0.3) is 0 Å². The molecule has 5 heteroatoms. The van der Waals surface area contributed by atoms with E-state index in [4.69, 9.17) is 14.2 Å². The van der Waals surface area contributed by atoms with Crippen molar-refractivity contribution in [2.24, 2.45) is 0 Å². The van der Waals surface area contributed by atoms with Gasteiger partial charge >= 0.3 is 5.97 Å². The van der Waals surface area contributed by atoms with Gasteiger partial charge in [-0.05, 0) is 42.0 Å². The summed E-state index contributed by atoms with van der Waals surface area (Å²) in [5.74, 6) is 0.955.